The summed E-state index contributed by atoms with van der Waals surface area (Å²) < 4.78 is 0. The van der Waals surface area contributed by atoms with Gasteiger partial charge in [0.05, 0.1) is 8.07 Å². The van der Waals surface area contributed by atoms with E-state index in [0.29, 0.717) is 35.5 Å². The van der Waals surface area contributed by atoms with Crippen LogP contribution in [0.2, 0.25) is 24.2 Å². The van der Waals surface area contributed by atoms with Crippen LogP contribution in [0.5, 0.6) is 0 Å². The van der Waals surface area contributed by atoms with Crippen LogP contribution in [0.1, 0.15) is 35.8 Å². The van der Waals surface area contributed by atoms with Crippen LogP contribution < -0.4 is 0 Å². The number of hydrogen-bond acceptors (Lipinski definition) is 0. The zero-order valence-electron chi connectivity index (χ0n) is 19.9. The highest BCUT2D eigenvalue weighted by molar-refractivity contribution is 6.80. The summed E-state index contributed by atoms with van der Waals surface area (Å²) in [6, 6.07) is 23.0. The third-order valence-corrected chi connectivity index (χ3v) is 14.6. The number of allylic oxidation sites excluding steroid dienone is 8. The minimum absolute atomic E-state index is 0.657. The standard InChI is InChI=1S/C32H36Si/c1-33(2,29-21-25-17-9-11-19-27(25)31(29)23-13-5-3-6-14-23)30-22-26-18-10-12-20-28(26)32(30)24-15-7-4-8-16-24/h3-20,25-32H,21-22H2,1-2H3. The minimum Gasteiger partial charge on any atom is -0.0808 e. The largest absolute Gasteiger partial charge is 0.0808 e. The minimum atomic E-state index is -1.64. The van der Waals surface area contributed by atoms with E-state index >= 15 is 0 Å². The van der Waals surface area contributed by atoms with Crippen molar-refractivity contribution in [2.45, 2.75) is 48.9 Å². The van der Waals surface area contributed by atoms with E-state index in [9.17, 15) is 0 Å². The summed E-state index contributed by atoms with van der Waals surface area (Å²) in [4.78, 5) is 0. The van der Waals surface area contributed by atoms with Crippen molar-refractivity contribution in [1.29, 1.82) is 0 Å². The lowest BCUT2D eigenvalue weighted by molar-refractivity contribution is 0.502. The summed E-state index contributed by atoms with van der Waals surface area (Å²) in [5.41, 5.74) is 4.77. The molecule has 0 aliphatic heterocycles. The molecule has 0 heterocycles. The SMILES string of the molecule is C[Si](C)(C1CC2C=CC=CC2C1c1ccccc1)C1CC2C=CC=CC2C1c1ccccc1. The van der Waals surface area contributed by atoms with Gasteiger partial charge in [-0.25, -0.2) is 0 Å². The van der Waals surface area contributed by atoms with E-state index in [-0.39, 0.29) is 0 Å². The summed E-state index contributed by atoms with van der Waals surface area (Å²) in [5, 5.41) is 0. The van der Waals surface area contributed by atoms with E-state index in [1.165, 1.54) is 12.8 Å². The van der Waals surface area contributed by atoms with Crippen LogP contribution >= 0.6 is 0 Å². The Labute approximate surface area is 200 Å². The van der Waals surface area contributed by atoms with Crippen LogP contribution in [0, 0.1) is 23.7 Å². The van der Waals surface area contributed by atoms with Crippen LogP contribution in [0.3, 0.4) is 0 Å². The Bertz CT molecular complexity index is 1000. The summed E-state index contributed by atoms with van der Waals surface area (Å²) >= 11 is 0. The van der Waals surface area contributed by atoms with Crippen LogP contribution in [0.15, 0.2) is 109 Å². The van der Waals surface area contributed by atoms with E-state index < -0.39 is 8.07 Å². The second-order valence-electron chi connectivity index (χ2n) is 11.4. The molecule has 2 fully saturated rings. The van der Waals surface area contributed by atoms with Crippen molar-refractivity contribution in [2.75, 3.05) is 0 Å². The van der Waals surface area contributed by atoms with Crippen LogP contribution in [0.4, 0.5) is 0 Å². The van der Waals surface area contributed by atoms with Crippen LogP contribution in [-0.4, -0.2) is 8.07 Å². The van der Waals surface area contributed by atoms with Gasteiger partial charge in [0, 0.05) is 0 Å². The highest BCUT2D eigenvalue weighted by atomic mass is 28.3. The lowest BCUT2D eigenvalue weighted by Gasteiger charge is -2.43. The average Bonchev–Trinajstić information content (AvgIpc) is 3.45. The summed E-state index contributed by atoms with van der Waals surface area (Å²) in [5.74, 6) is 4.04. The van der Waals surface area contributed by atoms with Crippen molar-refractivity contribution in [1.82, 2.24) is 0 Å². The van der Waals surface area contributed by atoms with Gasteiger partial charge in [0.2, 0.25) is 0 Å². The van der Waals surface area contributed by atoms with E-state index in [1.807, 2.05) is 0 Å². The topological polar surface area (TPSA) is 0 Å². The molecular weight excluding hydrogens is 412 g/mol. The quantitative estimate of drug-likeness (QED) is 0.411. The Morgan fingerprint density at radius 3 is 1.36 bits per heavy atom. The maximum Gasteiger partial charge on any atom is 0.0548 e. The number of rotatable bonds is 4. The first-order valence-corrected chi connectivity index (χ1v) is 16.1. The molecule has 8 atom stereocenters. The van der Waals surface area contributed by atoms with Crippen molar-refractivity contribution in [3.05, 3.63) is 120 Å². The van der Waals surface area contributed by atoms with Gasteiger partial charge in [0.15, 0.2) is 0 Å². The first-order chi connectivity index (χ1) is 16.1. The molecule has 2 aromatic carbocycles. The van der Waals surface area contributed by atoms with Gasteiger partial charge in [-0.1, -0.05) is 122 Å². The zero-order chi connectivity index (χ0) is 22.4. The van der Waals surface area contributed by atoms with Gasteiger partial charge >= 0.3 is 0 Å². The van der Waals surface area contributed by atoms with E-state index in [2.05, 4.69) is 122 Å². The second kappa shape index (κ2) is 8.44. The van der Waals surface area contributed by atoms with Gasteiger partial charge in [-0.3, -0.25) is 0 Å². The molecule has 168 valence electrons. The van der Waals surface area contributed by atoms with Crippen molar-refractivity contribution in [2.24, 2.45) is 23.7 Å². The van der Waals surface area contributed by atoms with E-state index in [1.54, 1.807) is 11.1 Å². The molecule has 0 spiro atoms. The molecule has 4 aliphatic rings. The van der Waals surface area contributed by atoms with Gasteiger partial charge in [-0.15, -0.1) is 0 Å². The predicted molar refractivity (Wildman–Crippen MR) is 143 cm³/mol. The first-order valence-electron chi connectivity index (χ1n) is 12.9. The molecule has 33 heavy (non-hydrogen) atoms. The van der Waals surface area contributed by atoms with Crippen molar-refractivity contribution in [3.8, 4) is 0 Å². The van der Waals surface area contributed by atoms with Crippen molar-refractivity contribution < 1.29 is 0 Å². The Morgan fingerprint density at radius 1 is 0.545 bits per heavy atom. The number of benzene rings is 2. The molecule has 0 nitrogen and oxygen atoms in total. The molecule has 0 saturated heterocycles. The maximum absolute atomic E-state index is 2.75. The number of fused-ring (bicyclic) bond motifs is 2. The van der Waals surface area contributed by atoms with Crippen LogP contribution in [0.25, 0.3) is 0 Å². The molecule has 6 rings (SSSR count). The Hall–Kier alpha value is -2.38. The lowest BCUT2D eigenvalue weighted by Crippen LogP contribution is -2.41. The highest BCUT2D eigenvalue weighted by Gasteiger charge is 2.56. The predicted octanol–water partition coefficient (Wildman–Crippen LogP) is 8.53. The van der Waals surface area contributed by atoms with Crippen molar-refractivity contribution in [3.63, 3.8) is 0 Å². The monoisotopic (exact) mass is 448 g/mol. The average molecular weight is 449 g/mol. The summed E-state index contributed by atoms with van der Waals surface area (Å²) in [6.07, 6.45) is 22.0. The Morgan fingerprint density at radius 2 is 0.939 bits per heavy atom. The summed E-state index contributed by atoms with van der Waals surface area (Å²) in [6.45, 7) is 5.51. The third-order valence-electron chi connectivity index (χ3n) is 9.62. The second-order valence-corrected chi connectivity index (χ2v) is 16.5. The maximum atomic E-state index is 2.75. The fourth-order valence-corrected chi connectivity index (χ4v) is 13.1. The molecule has 0 aromatic heterocycles. The fourth-order valence-electron chi connectivity index (χ4n) is 8.07. The number of hydrogen-bond donors (Lipinski definition) is 0. The molecule has 2 aromatic rings. The van der Waals surface area contributed by atoms with Gasteiger partial charge in [0.1, 0.15) is 0 Å². The van der Waals surface area contributed by atoms with E-state index in [0.717, 1.165) is 11.1 Å². The van der Waals surface area contributed by atoms with Gasteiger partial charge < -0.3 is 0 Å². The Kier molecular flexibility index (Phi) is 5.41. The van der Waals surface area contributed by atoms with E-state index in [4.69, 9.17) is 0 Å². The van der Waals surface area contributed by atoms with Gasteiger partial charge in [-0.2, -0.15) is 0 Å². The smallest absolute Gasteiger partial charge is 0.0548 e. The normalized spacial score (nSPS) is 36.7. The van der Waals surface area contributed by atoms with Gasteiger partial charge in [0.25, 0.3) is 0 Å². The Balaban J connectivity index is 1.42. The highest BCUT2D eigenvalue weighted by Crippen LogP contribution is 2.65. The molecular formula is C32H36Si. The van der Waals surface area contributed by atoms with Gasteiger partial charge in [-0.05, 0) is 70.6 Å². The third kappa shape index (κ3) is 3.56. The molecule has 1 heteroatoms. The molecule has 4 aliphatic carbocycles. The first kappa shape index (κ1) is 21.2. The molecule has 0 N–H and O–H groups in total. The molecule has 0 amide bonds. The van der Waals surface area contributed by atoms with Crippen molar-refractivity contribution >= 4 is 8.07 Å². The molecule has 0 bridgehead atoms. The summed E-state index contributed by atoms with van der Waals surface area (Å²) in [7, 11) is -1.64. The fraction of sp³-hybridized carbons (Fsp3) is 0.375. The molecule has 2 saturated carbocycles. The zero-order valence-corrected chi connectivity index (χ0v) is 20.9. The molecule has 8 unspecified atom stereocenters. The lowest BCUT2D eigenvalue weighted by atomic mass is 9.82. The van der Waals surface area contributed by atoms with Crippen LogP contribution in [-0.2, 0) is 0 Å². The molecule has 0 radical (unpaired) electrons.